The molecule has 2 rings (SSSR count). The van der Waals surface area contributed by atoms with E-state index in [9.17, 15) is 15.2 Å². The van der Waals surface area contributed by atoms with E-state index in [-0.39, 0.29) is 22.4 Å². The summed E-state index contributed by atoms with van der Waals surface area (Å²) in [5.74, 6) is -0.237. The molecule has 0 saturated carbocycles. The lowest BCUT2D eigenvalue weighted by Crippen LogP contribution is -2.23. The number of fused-ring (bicyclic) bond motifs is 1. The Morgan fingerprint density at radius 2 is 2.36 bits per heavy atom. The second kappa shape index (κ2) is 6.91. The van der Waals surface area contributed by atoms with Crippen LogP contribution in [0.4, 0.5) is 11.4 Å². The highest BCUT2D eigenvalue weighted by Gasteiger charge is 2.14. The number of non-ortho nitro benzene ring substituents is 1. The van der Waals surface area contributed by atoms with Gasteiger partial charge in [-0.15, -0.1) is 10.2 Å². The number of aromatic amines is 1. The molecule has 0 unspecified atom stereocenters. The molecule has 1 aromatic carbocycles. The zero-order valence-electron chi connectivity index (χ0n) is 11.6. The summed E-state index contributed by atoms with van der Waals surface area (Å²) >= 11 is 4.95. The van der Waals surface area contributed by atoms with Gasteiger partial charge in [-0.3, -0.25) is 10.1 Å². The Kier molecular flexibility index (Phi) is 4.96. The molecule has 1 heterocycles. The van der Waals surface area contributed by atoms with E-state index in [2.05, 4.69) is 20.5 Å². The van der Waals surface area contributed by atoms with Gasteiger partial charge in [0.05, 0.1) is 17.0 Å². The standard InChI is InChI=1S/C12H13N5O4S/c1-21-5-4-13-12(22)16-15-10-8-6-7(17(19)20)2-3-9(8)14-11(10)18/h2-3,6,14,18H,4-5H2,1H3,(H,13,22). The minimum absolute atomic E-state index is 0.0922. The molecule has 0 aliphatic carbocycles. The van der Waals surface area contributed by atoms with Gasteiger partial charge in [-0.1, -0.05) is 0 Å². The molecule has 0 spiro atoms. The Hall–Kier alpha value is -2.59. The third-order valence-electron chi connectivity index (χ3n) is 2.77. The van der Waals surface area contributed by atoms with Gasteiger partial charge in [-0.25, -0.2) is 0 Å². The molecule has 1 aromatic heterocycles. The number of methoxy groups -OCH3 is 1. The van der Waals surface area contributed by atoms with E-state index in [0.717, 1.165) is 0 Å². The Balaban J connectivity index is 2.26. The predicted octanol–water partition coefficient (Wildman–Crippen LogP) is 2.39. The number of ether oxygens (including phenoxy) is 1. The average Bonchev–Trinajstić information content (AvgIpc) is 2.80. The summed E-state index contributed by atoms with van der Waals surface area (Å²) in [5, 5.41) is 31.5. The van der Waals surface area contributed by atoms with Gasteiger partial charge >= 0.3 is 0 Å². The Labute approximate surface area is 130 Å². The van der Waals surface area contributed by atoms with Gasteiger partial charge in [0.25, 0.3) is 5.69 Å². The Bertz CT molecular complexity index is 742. The third kappa shape index (κ3) is 3.54. The molecule has 0 radical (unpaired) electrons. The molecule has 2 aromatic rings. The van der Waals surface area contributed by atoms with E-state index >= 15 is 0 Å². The number of azo groups is 1. The smallest absolute Gasteiger partial charge is 0.270 e. The zero-order chi connectivity index (χ0) is 16.1. The number of hydrogen-bond donors (Lipinski definition) is 3. The monoisotopic (exact) mass is 323 g/mol. The normalized spacial score (nSPS) is 11.1. The van der Waals surface area contributed by atoms with Crippen LogP contribution in [0.1, 0.15) is 0 Å². The molecule has 0 aliphatic rings. The summed E-state index contributed by atoms with van der Waals surface area (Å²) in [7, 11) is 1.56. The van der Waals surface area contributed by atoms with E-state index in [1.807, 2.05) is 0 Å². The van der Waals surface area contributed by atoms with Crippen LogP contribution in [-0.4, -0.2) is 40.4 Å². The van der Waals surface area contributed by atoms with Crippen LogP contribution in [0.5, 0.6) is 5.88 Å². The van der Waals surface area contributed by atoms with Gasteiger partial charge in [0, 0.05) is 31.2 Å². The molecule has 0 atom stereocenters. The summed E-state index contributed by atoms with van der Waals surface area (Å²) in [5.41, 5.74) is 0.494. The lowest BCUT2D eigenvalue weighted by Gasteiger charge is -2.00. The van der Waals surface area contributed by atoms with E-state index < -0.39 is 4.92 Å². The van der Waals surface area contributed by atoms with Crippen LogP contribution in [0.3, 0.4) is 0 Å². The fourth-order valence-corrected chi connectivity index (χ4v) is 1.90. The number of nitrogens with one attached hydrogen (secondary N) is 2. The van der Waals surface area contributed by atoms with Crippen molar-refractivity contribution < 1.29 is 14.8 Å². The first-order valence-electron chi connectivity index (χ1n) is 6.20. The van der Waals surface area contributed by atoms with Crippen LogP contribution in [-0.2, 0) is 4.74 Å². The molecule has 3 N–H and O–H groups in total. The maximum atomic E-state index is 10.8. The molecular formula is C12H13N5O4S. The van der Waals surface area contributed by atoms with Gasteiger partial charge in [0.2, 0.25) is 11.0 Å². The summed E-state index contributed by atoms with van der Waals surface area (Å²) in [6.07, 6.45) is 0. The minimum atomic E-state index is -0.526. The predicted molar refractivity (Wildman–Crippen MR) is 83.6 cm³/mol. The summed E-state index contributed by atoms with van der Waals surface area (Å²) < 4.78 is 4.85. The number of H-pyrrole nitrogens is 1. The van der Waals surface area contributed by atoms with Crippen LogP contribution in [0, 0.1) is 10.1 Å². The summed E-state index contributed by atoms with van der Waals surface area (Å²) in [6, 6.07) is 4.12. The number of nitrogens with zero attached hydrogens (tertiary/aromatic N) is 3. The molecule has 0 saturated heterocycles. The highest BCUT2D eigenvalue weighted by molar-refractivity contribution is 7.80. The van der Waals surface area contributed by atoms with E-state index in [0.29, 0.717) is 24.1 Å². The van der Waals surface area contributed by atoms with Crippen LogP contribution in [0.15, 0.2) is 28.4 Å². The van der Waals surface area contributed by atoms with Crippen molar-refractivity contribution in [2.45, 2.75) is 0 Å². The fraction of sp³-hybridized carbons (Fsp3) is 0.250. The largest absolute Gasteiger partial charge is 0.493 e. The summed E-state index contributed by atoms with van der Waals surface area (Å²) in [6.45, 7) is 0.930. The SMILES string of the molecule is COCCNC(=S)N=Nc1c(O)[nH]c2ccc([N+](=O)[O-])cc12. The number of thiocarbonyl (C=S) groups is 1. The van der Waals surface area contributed by atoms with Crippen LogP contribution in [0.25, 0.3) is 10.9 Å². The van der Waals surface area contributed by atoms with Gasteiger partial charge in [0.1, 0.15) is 0 Å². The van der Waals surface area contributed by atoms with E-state index in [1.54, 1.807) is 7.11 Å². The lowest BCUT2D eigenvalue weighted by molar-refractivity contribution is -0.384. The van der Waals surface area contributed by atoms with Crippen molar-refractivity contribution >= 4 is 39.6 Å². The second-order valence-corrected chi connectivity index (χ2v) is 4.62. The molecular weight excluding hydrogens is 310 g/mol. The number of aromatic nitrogens is 1. The highest BCUT2D eigenvalue weighted by atomic mass is 32.1. The van der Waals surface area contributed by atoms with Gasteiger partial charge in [0.15, 0.2) is 5.69 Å². The fourth-order valence-electron chi connectivity index (χ4n) is 1.76. The molecule has 0 bridgehead atoms. The highest BCUT2D eigenvalue weighted by Crippen LogP contribution is 2.37. The summed E-state index contributed by atoms with van der Waals surface area (Å²) in [4.78, 5) is 13.0. The van der Waals surface area contributed by atoms with Crippen molar-refractivity contribution in [2.24, 2.45) is 10.2 Å². The number of nitro benzene ring substituents is 1. The maximum absolute atomic E-state index is 10.8. The van der Waals surface area contributed by atoms with Crippen LogP contribution >= 0.6 is 12.2 Å². The van der Waals surface area contributed by atoms with Crippen molar-refractivity contribution in [1.82, 2.24) is 10.3 Å². The third-order valence-corrected chi connectivity index (χ3v) is 3.00. The molecule has 116 valence electrons. The van der Waals surface area contributed by atoms with Crippen LogP contribution in [0.2, 0.25) is 0 Å². The quantitative estimate of drug-likeness (QED) is 0.255. The first kappa shape index (κ1) is 15.8. The topological polar surface area (TPSA) is 125 Å². The minimum Gasteiger partial charge on any atom is -0.493 e. The Morgan fingerprint density at radius 3 is 3.05 bits per heavy atom. The molecule has 10 heteroatoms. The van der Waals surface area contributed by atoms with E-state index in [1.165, 1.54) is 18.2 Å². The van der Waals surface area contributed by atoms with Crippen molar-refractivity contribution in [3.8, 4) is 5.88 Å². The van der Waals surface area contributed by atoms with Crippen molar-refractivity contribution in [3.05, 3.63) is 28.3 Å². The molecule has 22 heavy (non-hydrogen) atoms. The molecule has 0 aliphatic heterocycles. The van der Waals surface area contributed by atoms with Gasteiger partial charge < -0.3 is 20.1 Å². The van der Waals surface area contributed by atoms with Gasteiger partial charge in [-0.05, 0) is 18.3 Å². The maximum Gasteiger partial charge on any atom is 0.270 e. The molecule has 0 amide bonds. The average molecular weight is 323 g/mol. The second-order valence-electron chi connectivity index (χ2n) is 4.23. The van der Waals surface area contributed by atoms with Crippen molar-refractivity contribution in [2.75, 3.05) is 20.3 Å². The number of aromatic hydroxyl groups is 1. The van der Waals surface area contributed by atoms with Crippen molar-refractivity contribution in [3.63, 3.8) is 0 Å². The number of rotatable bonds is 5. The number of hydrogen-bond acceptors (Lipinski definition) is 6. The first-order chi connectivity index (χ1) is 10.5. The lowest BCUT2D eigenvalue weighted by atomic mass is 10.2. The zero-order valence-corrected chi connectivity index (χ0v) is 12.4. The Morgan fingerprint density at radius 1 is 1.59 bits per heavy atom. The van der Waals surface area contributed by atoms with Crippen LogP contribution < -0.4 is 5.32 Å². The molecule has 9 nitrogen and oxygen atoms in total. The first-order valence-corrected chi connectivity index (χ1v) is 6.61. The van der Waals surface area contributed by atoms with Gasteiger partial charge in [-0.2, -0.15) is 0 Å². The molecule has 0 fully saturated rings. The number of benzene rings is 1. The van der Waals surface area contributed by atoms with E-state index in [4.69, 9.17) is 17.0 Å². The van der Waals surface area contributed by atoms with Crippen molar-refractivity contribution in [1.29, 1.82) is 0 Å². The number of nitro groups is 1.